The van der Waals surface area contributed by atoms with Crippen LogP contribution < -0.4 is 4.90 Å². The minimum atomic E-state index is 0. The molecule has 1 radical (unpaired) electrons. The standard InChI is InChI=1S/C31H21N2.Ir/c1-3-16-27-23(10-1)12-8-19-30(27)33(31-20-9-13-24-11-2-4-17-28(24)31)26-15-7-14-25(22-26)29-18-5-6-21-32-29;/h1-13,15-22H;/q-1;. The van der Waals surface area contributed by atoms with Gasteiger partial charge in [-0.25, -0.2) is 0 Å². The smallest absolute Gasteiger partial charge is 0.0522 e. The number of benzene rings is 5. The Balaban J connectivity index is 0.00000241. The molecular formula is C31H21IrN2-. The molecule has 0 aliphatic carbocycles. The summed E-state index contributed by atoms with van der Waals surface area (Å²) in [4.78, 5) is 6.90. The predicted molar refractivity (Wildman–Crippen MR) is 138 cm³/mol. The molecule has 0 saturated carbocycles. The Labute approximate surface area is 212 Å². The molecule has 0 fully saturated rings. The van der Waals surface area contributed by atoms with Gasteiger partial charge in [-0.1, -0.05) is 84.9 Å². The second-order valence-corrected chi connectivity index (χ2v) is 8.01. The Hall–Kier alpha value is -3.78. The Morgan fingerprint density at radius 2 is 1.18 bits per heavy atom. The van der Waals surface area contributed by atoms with Gasteiger partial charge in [-0.05, 0) is 40.4 Å². The van der Waals surface area contributed by atoms with E-state index in [1.165, 1.54) is 21.5 Å². The summed E-state index contributed by atoms with van der Waals surface area (Å²) >= 11 is 0. The van der Waals surface area contributed by atoms with E-state index in [0.717, 1.165) is 28.3 Å². The summed E-state index contributed by atoms with van der Waals surface area (Å²) in [6, 6.07) is 45.7. The van der Waals surface area contributed by atoms with Gasteiger partial charge in [0.05, 0.1) is 11.4 Å². The molecule has 5 aromatic carbocycles. The van der Waals surface area contributed by atoms with E-state index < -0.39 is 0 Å². The van der Waals surface area contributed by atoms with Gasteiger partial charge >= 0.3 is 0 Å². The number of nitrogens with zero attached hydrogens (tertiary/aromatic N) is 2. The zero-order valence-corrected chi connectivity index (χ0v) is 20.7. The van der Waals surface area contributed by atoms with Gasteiger partial charge in [0.2, 0.25) is 0 Å². The quantitative estimate of drug-likeness (QED) is 0.186. The number of pyridine rings is 1. The van der Waals surface area contributed by atoms with E-state index in [9.17, 15) is 0 Å². The van der Waals surface area contributed by atoms with Crippen LogP contribution in [0.25, 0.3) is 32.8 Å². The maximum Gasteiger partial charge on any atom is 0.0522 e. The Kier molecular flexibility index (Phi) is 6.22. The first-order valence-corrected chi connectivity index (χ1v) is 11.1. The largest absolute Gasteiger partial charge is 0.327 e. The van der Waals surface area contributed by atoms with Gasteiger partial charge in [0, 0.05) is 37.1 Å². The van der Waals surface area contributed by atoms with Crippen molar-refractivity contribution in [2.24, 2.45) is 0 Å². The van der Waals surface area contributed by atoms with E-state index in [0.29, 0.717) is 0 Å². The molecule has 1 aromatic heterocycles. The zero-order chi connectivity index (χ0) is 22.0. The molecule has 1 heterocycles. The molecule has 0 unspecified atom stereocenters. The molecule has 0 aliphatic rings. The fourth-order valence-electron chi connectivity index (χ4n) is 4.48. The number of anilines is 3. The maximum absolute atomic E-state index is 4.55. The van der Waals surface area contributed by atoms with Crippen LogP contribution in [-0.4, -0.2) is 4.98 Å². The van der Waals surface area contributed by atoms with Crippen molar-refractivity contribution in [1.82, 2.24) is 4.98 Å². The molecule has 2 nitrogen and oxygen atoms in total. The van der Waals surface area contributed by atoms with Gasteiger partial charge in [0.1, 0.15) is 0 Å². The van der Waals surface area contributed by atoms with Gasteiger partial charge in [-0.2, -0.15) is 0 Å². The molecule has 165 valence electrons. The van der Waals surface area contributed by atoms with Crippen LogP contribution in [0, 0.1) is 6.07 Å². The van der Waals surface area contributed by atoms with Gasteiger partial charge in [-0.3, -0.25) is 0 Å². The Bertz CT molecular complexity index is 1490. The SMILES string of the molecule is [Ir].[c-]1ccc(N(c2cccc3ccccc23)c2cccc3ccccc23)cc1-c1ccccn1. The molecule has 0 aliphatic heterocycles. The molecule has 0 saturated heterocycles. The number of hydrogen-bond acceptors (Lipinski definition) is 2. The average molecular weight is 614 g/mol. The molecule has 34 heavy (non-hydrogen) atoms. The summed E-state index contributed by atoms with van der Waals surface area (Å²) in [5, 5.41) is 4.85. The third-order valence-electron chi connectivity index (χ3n) is 6.00. The molecule has 0 atom stereocenters. The number of fused-ring (bicyclic) bond motifs is 2. The minimum absolute atomic E-state index is 0. The first-order valence-electron chi connectivity index (χ1n) is 11.1. The second kappa shape index (κ2) is 9.60. The first-order chi connectivity index (χ1) is 16.4. The van der Waals surface area contributed by atoms with Gasteiger partial charge in [0.15, 0.2) is 0 Å². The number of rotatable bonds is 4. The van der Waals surface area contributed by atoms with E-state index in [1.54, 1.807) is 0 Å². The van der Waals surface area contributed by atoms with Crippen LogP contribution in [0.3, 0.4) is 0 Å². The van der Waals surface area contributed by atoms with Gasteiger partial charge in [-0.15, -0.1) is 29.8 Å². The van der Waals surface area contributed by atoms with Crippen molar-refractivity contribution < 1.29 is 20.1 Å². The first kappa shape index (κ1) is 22.0. The van der Waals surface area contributed by atoms with Crippen LogP contribution in [0.1, 0.15) is 0 Å². The van der Waals surface area contributed by atoms with Crippen LogP contribution in [0.4, 0.5) is 17.1 Å². The average Bonchev–Trinajstić information content (AvgIpc) is 2.90. The van der Waals surface area contributed by atoms with E-state index in [1.807, 2.05) is 30.5 Å². The van der Waals surface area contributed by atoms with Crippen LogP contribution in [0.5, 0.6) is 0 Å². The fourth-order valence-corrected chi connectivity index (χ4v) is 4.48. The molecule has 0 N–H and O–H groups in total. The monoisotopic (exact) mass is 614 g/mol. The topological polar surface area (TPSA) is 16.1 Å². The van der Waals surface area contributed by atoms with Crippen molar-refractivity contribution in [3.63, 3.8) is 0 Å². The van der Waals surface area contributed by atoms with Crippen LogP contribution in [0.15, 0.2) is 128 Å². The van der Waals surface area contributed by atoms with Crippen LogP contribution in [0.2, 0.25) is 0 Å². The van der Waals surface area contributed by atoms with Crippen molar-refractivity contribution in [1.29, 1.82) is 0 Å². The van der Waals surface area contributed by atoms with Crippen LogP contribution >= 0.6 is 0 Å². The number of hydrogen-bond donors (Lipinski definition) is 0. The molecule has 3 heteroatoms. The van der Waals surface area contributed by atoms with Crippen LogP contribution in [-0.2, 0) is 20.1 Å². The molecule has 6 rings (SSSR count). The maximum atomic E-state index is 4.55. The summed E-state index contributed by atoms with van der Waals surface area (Å²) in [6.07, 6.45) is 1.82. The van der Waals surface area contributed by atoms with Gasteiger partial charge in [0.25, 0.3) is 0 Å². The fraction of sp³-hybridized carbons (Fsp3) is 0. The number of aromatic nitrogens is 1. The van der Waals surface area contributed by atoms with Gasteiger partial charge < -0.3 is 9.88 Å². The summed E-state index contributed by atoms with van der Waals surface area (Å²) in [7, 11) is 0. The molecule has 0 amide bonds. The third-order valence-corrected chi connectivity index (χ3v) is 6.00. The van der Waals surface area contributed by atoms with E-state index in [-0.39, 0.29) is 20.1 Å². The Morgan fingerprint density at radius 1 is 0.588 bits per heavy atom. The normalized spacial score (nSPS) is 10.7. The van der Waals surface area contributed by atoms with E-state index in [2.05, 4.69) is 113 Å². The van der Waals surface area contributed by atoms with Crippen molar-refractivity contribution in [3.8, 4) is 11.3 Å². The third kappa shape index (κ3) is 4.01. The van der Waals surface area contributed by atoms with E-state index in [4.69, 9.17) is 0 Å². The molecule has 0 spiro atoms. The van der Waals surface area contributed by atoms with Crippen molar-refractivity contribution >= 4 is 38.6 Å². The van der Waals surface area contributed by atoms with Crippen molar-refractivity contribution in [3.05, 3.63) is 134 Å². The summed E-state index contributed by atoms with van der Waals surface area (Å²) < 4.78 is 0. The second-order valence-electron chi connectivity index (χ2n) is 8.01. The summed E-state index contributed by atoms with van der Waals surface area (Å²) in [6.45, 7) is 0. The summed E-state index contributed by atoms with van der Waals surface area (Å²) in [5.41, 5.74) is 5.24. The minimum Gasteiger partial charge on any atom is -0.327 e. The van der Waals surface area contributed by atoms with Crippen molar-refractivity contribution in [2.75, 3.05) is 4.90 Å². The molecule has 6 aromatic rings. The summed E-state index contributed by atoms with van der Waals surface area (Å²) in [5.74, 6) is 0. The predicted octanol–water partition coefficient (Wildman–Crippen LogP) is 8.32. The zero-order valence-electron chi connectivity index (χ0n) is 18.4. The Morgan fingerprint density at radius 3 is 1.79 bits per heavy atom. The molecular weight excluding hydrogens is 593 g/mol. The van der Waals surface area contributed by atoms with Crippen molar-refractivity contribution in [2.45, 2.75) is 0 Å². The molecule has 0 bridgehead atoms. The van der Waals surface area contributed by atoms with E-state index >= 15 is 0 Å².